The van der Waals surface area contributed by atoms with Gasteiger partial charge < -0.3 is 4.57 Å². The lowest BCUT2D eigenvalue weighted by Gasteiger charge is -2.25. The molecule has 1 atom stereocenters. The molecule has 1 aliphatic heterocycles. The molecule has 2 heterocycles. The van der Waals surface area contributed by atoms with Gasteiger partial charge in [0.05, 0.1) is 10.3 Å². The average Bonchev–Trinajstić information content (AvgIpc) is 2.93. The molecular weight excluding hydrogens is 330 g/mol. The summed E-state index contributed by atoms with van der Waals surface area (Å²) in [6, 6.07) is 17.5. The second kappa shape index (κ2) is 6.63. The maximum Gasteiger partial charge on any atom is 0.0825 e. The molecular formula is C21H19NS2. The van der Waals surface area contributed by atoms with E-state index in [1.807, 2.05) is 23.5 Å². The van der Waals surface area contributed by atoms with E-state index >= 15 is 0 Å². The maximum absolute atomic E-state index is 5.40. The summed E-state index contributed by atoms with van der Waals surface area (Å²) in [5.74, 6) is 3.85. The Morgan fingerprint density at radius 2 is 1.96 bits per heavy atom. The lowest BCUT2D eigenvalue weighted by molar-refractivity contribution is 0.964. The number of aromatic nitrogens is 1. The number of aryl methyl sites for hydroxylation is 1. The number of para-hydroxylation sites is 1. The smallest absolute Gasteiger partial charge is 0.0825 e. The summed E-state index contributed by atoms with van der Waals surface area (Å²) in [7, 11) is 2.19. The normalized spacial score (nSPS) is 15.8. The molecule has 1 aromatic heterocycles. The zero-order chi connectivity index (χ0) is 16.5. The molecule has 0 fully saturated rings. The van der Waals surface area contributed by atoms with Crippen molar-refractivity contribution in [3.05, 3.63) is 54.1 Å². The van der Waals surface area contributed by atoms with E-state index in [1.54, 1.807) is 0 Å². The first-order valence-electron chi connectivity index (χ1n) is 8.19. The van der Waals surface area contributed by atoms with Gasteiger partial charge in [-0.25, -0.2) is 0 Å². The lowest BCUT2D eigenvalue weighted by atomic mass is 10.1. The molecule has 0 radical (unpaired) electrons. The summed E-state index contributed by atoms with van der Waals surface area (Å²) >= 11 is 4.01. The molecule has 0 aliphatic carbocycles. The molecule has 3 aromatic rings. The zero-order valence-corrected chi connectivity index (χ0v) is 15.3. The van der Waals surface area contributed by atoms with E-state index in [4.69, 9.17) is 6.42 Å². The van der Waals surface area contributed by atoms with Crippen molar-refractivity contribution in [1.82, 2.24) is 4.57 Å². The van der Waals surface area contributed by atoms with E-state index < -0.39 is 0 Å². The third-order valence-corrected chi connectivity index (χ3v) is 7.31. The molecule has 0 saturated carbocycles. The predicted molar refractivity (Wildman–Crippen MR) is 107 cm³/mol. The summed E-state index contributed by atoms with van der Waals surface area (Å²) in [5, 5.41) is 1.38. The Hall–Kier alpha value is -1.76. The zero-order valence-electron chi connectivity index (χ0n) is 13.7. The minimum Gasteiger partial charge on any atom is -0.343 e. The molecule has 0 N–H and O–H groups in total. The predicted octanol–water partition coefficient (Wildman–Crippen LogP) is 6.10. The van der Waals surface area contributed by atoms with Gasteiger partial charge in [-0.2, -0.15) is 0 Å². The fraction of sp³-hybridized carbons (Fsp3) is 0.238. The van der Waals surface area contributed by atoms with Crippen LogP contribution in [0.1, 0.15) is 23.0 Å². The second-order valence-corrected chi connectivity index (χ2v) is 8.62. The fourth-order valence-electron chi connectivity index (χ4n) is 3.41. The van der Waals surface area contributed by atoms with Crippen LogP contribution in [0.4, 0.5) is 0 Å². The number of fused-ring (bicyclic) bond motifs is 5. The average molecular weight is 350 g/mol. The highest BCUT2D eigenvalue weighted by Crippen LogP contribution is 2.56. The van der Waals surface area contributed by atoms with Gasteiger partial charge in [0.1, 0.15) is 0 Å². The topological polar surface area (TPSA) is 4.93 Å². The lowest BCUT2D eigenvalue weighted by Crippen LogP contribution is -2.03. The van der Waals surface area contributed by atoms with Crippen LogP contribution in [-0.4, -0.2) is 10.3 Å². The number of rotatable bonds is 4. The van der Waals surface area contributed by atoms with E-state index in [1.165, 1.54) is 32.6 Å². The van der Waals surface area contributed by atoms with Crippen molar-refractivity contribution in [2.24, 2.45) is 7.05 Å². The third-order valence-electron chi connectivity index (χ3n) is 4.49. The van der Waals surface area contributed by atoms with E-state index in [2.05, 4.69) is 66.1 Å². The van der Waals surface area contributed by atoms with Gasteiger partial charge >= 0.3 is 0 Å². The maximum atomic E-state index is 5.40. The summed E-state index contributed by atoms with van der Waals surface area (Å²) in [6.45, 7) is 0. The van der Waals surface area contributed by atoms with Crippen LogP contribution in [0.3, 0.4) is 0 Å². The first-order valence-corrected chi connectivity index (χ1v) is 10.1. The Labute approximate surface area is 151 Å². The van der Waals surface area contributed by atoms with Crippen LogP contribution in [0.15, 0.2) is 53.4 Å². The van der Waals surface area contributed by atoms with Crippen LogP contribution in [0.2, 0.25) is 0 Å². The minimum atomic E-state index is 0.429. The summed E-state index contributed by atoms with van der Waals surface area (Å²) in [4.78, 5) is 1.38. The van der Waals surface area contributed by atoms with Crippen LogP contribution in [-0.2, 0) is 7.05 Å². The van der Waals surface area contributed by atoms with Crippen molar-refractivity contribution in [3.63, 3.8) is 0 Å². The third kappa shape index (κ3) is 2.55. The highest BCUT2D eigenvalue weighted by molar-refractivity contribution is 8.16. The van der Waals surface area contributed by atoms with Crippen molar-refractivity contribution in [2.75, 3.05) is 5.75 Å². The number of nitrogens with zero attached hydrogens (tertiary/aromatic N) is 1. The van der Waals surface area contributed by atoms with Crippen LogP contribution in [0, 0.1) is 12.3 Å². The molecule has 0 saturated heterocycles. The fourth-order valence-corrected chi connectivity index (χ4v) is 6.25. The van der Waals surface area contributed by atoms with Crippen molar-refractivity contribution in [3.8, 4) is 23.6 Å². The van der Waals surface area contributed by atoms with Crippen LogP contribution in [0.5, 0.6) is 0 Å². The van der Waals surface area contributed by atoms with Crippen LogP contribution < -0.4 is 0 Å². The van der Waals surface area contributed by atoms with Crippen molar-refractivity contribution < 1.29 is 0 Å². The first kappa shape index (κ1) is 15.7. The standard InChI is InChI=1S/C21H19NS2/c1-3-4-9-14-23-21-19-15-10-5-7-12-17(15)22(2)20(19)16-11-6-8-13-18(16)24-21/h1,5-8,10-13,21H,4,9,14H2,2H3. The number of hydrogen-bond acceptors (Lipinski definition) is 2. The first-order chi connectivity index (χ1) is 11.8. The highest BCUT2D eigenvalue weighted by atomic mass is 32.2. The molecule has 120 valence electrons. The Morgan fingerprint density at radius 3 is 2.83 bits per heavy atom. The van der Waals surface area contributed by atoms with Crippen molar-refractivity contribution in [2.45, 2.75) is 22.3 Å². The Bertz CT molecular complexity index is 933. The van der Waals surface area contributed by atoms with E-state index in [0.29, 0.717) is 4.58 Å². The monoisotopic (exact) mass is 349 g/mol. The van der Waals surface area contributed by atoms with Gasteiger partial charge in [0, 0.05) is 40.4 Å². The van der Waals surface area contributed by atoms with Crippen LogP contribution >= 0.6 is 23.5 Å². The minimum absolute atomic E-state index is 0.429. The van der Waals surface area contributed by atoms with Gasteiger partial charge in [0.25, 0.3) is 0 Å². The molecule has 4 rings (SSSR count). The van der Waals surface area contributed by atoms with Crippen LogP contribution in [0.25, 0.3) is 22.2 Å². The highest BCUT2D eigenvalue weighted by Gasteiger charge is 2.30. The van der Waals surface area contributed by atoms with Gasteiger partial charge in [0.2, 0.25) is 0 Å². The number of benzene rings is 2. The summed E-state index contributed by atoms with van der Waals surface area (Å²) in [6.07, 6.45) is 7.35. The Balaban J connectivity index is 1.84. The second-order valence-electron chi connectivity index (χ2n) is 5.96. The van der Waals surface area contributed by atoms with E-state index in [-0.39, 0.29) is 0 Å². The largest absolute Gasteiger partial charge is 0.343 e. The van der Waals surface area contributed by atoms with Crippen molar-refractivity contribution >= 4 is 34.4 Å². The van der Waals surface area contributed by atoms with Gasteiger partial charge in [-0.1, -0.05) is 36.4 Å². The summed E-state index contributed by atoms with van der Waals surface area (Å²) < 4.78 is 2.79. The Kier molecular flexibility index (Phi) is 4.35. The molecule has 1 aliphatic rings. The molecule has 2 aromatic carbocycles. The van der Waals surface area contributed by atoms with Crippen molar-refractivity contribution in [1.29, 1.82) is 0 Å². The van der Waals surface area contributed by atoms with Gasteiger partial charge in [-0.3, -0.25) is 0 Å². The molecule has 0 bridgehead atoms. The van der Waals surface area contributed by atoms with Gasteiger partial charge in [-0.15, -0.1) is 35.9 Å². The number of unbranched alkanes of at least 4 members (excludes halogenated alkanes) is 1. The quantitative estimate of drug-likeness (QED) is 0.414. The molecule has 0 spiro atoms. The molecule has 24 heavy (non-hydrogen) atoms. The molecule has 1 unspecified atom stereocenters. The Morgan fingerprint density at radius 1 is 1.17 bits per heavy atom. The summed E-state index contributed by atoms with van der Waals surface area (Å²) in [5.41, 5.74) is 5.52. The molecule has 1 nitrogen and oxygen atoms in total. The van der Waals surface area contributed by atoms with E-state index in [0.717, 1.165) is 18.6 Å². The van der Waals surface area contributed by atoms with Gasteiger partial charge in [0.15, 0.2) is 0 Å². The number of hydrogen-bond donors (Lipinski definition) is 0. The van der Waals surface area contributed by atoms with Gasteiger partial charge in [-0.05, 0) is 24.3 Å². The number of thioether (sulfide) groups is 2. The SMILES string of the molecule is C#CCCCSC1Sc2ccccc2-c2c1c1ccccc1n2C. The number of terminal acetylenes is 1. The molecule has 3 heteroatoms. The molecule has 0 amide bonds. The van der Waals surface area contributed by atoms with E-state index in [9.17, 15) is 0 Å².